The van der Waals surface area contributed by atoms with Gasteiger partial charge in [-0.05, 0) is 23.6 Å². The highest BCUT2D eigenvalue weighted by molar-refractivity contribution is 14.0. The second-order valence-electron chi connectivity index (χ2n) is 6.45. The lowest BCUT2D eigenvalue weighted by Gasteiger charge is -2.26. The van der Waals surface area contributed by atoms with Crippen LogP contribution in [0.3, 0.4) is 0 Å². The summed E-state index contributed by atoms with van der Waals surface area (Å²) in [7, 11) is 1.79. The molecule has 1 aliphatic heterocycles. The molecule has 26 heavy (non-hydrogen) atoms. The van der Waals surface area contributed by atoms with Gasteiger partial charge in [-0.15, -0.1) is 24.0 Å². The average Bonchev–Trinajstić information content (AvgIpc) is 2.65. The summed E-state index contributed by atoms with van der Waals surface area (Å²) in [6.45, 7) is 11.3. The van der Waals surface area contributed by atoms with Crippen LogP contribution in [0.4, 0.5) is 0 Å². The minimum absolute atomic E-state index is 0. The van der Waals surface area contributed by atoms with Crippen molar-refractivity contribution in [3.63, 3.8) is 0 Å². The average molecular weight is 476 g/mol. The fourth-order valence-corrected chi connectivity index (χ4v) is 2.67. The Morgan fingerprint density at radius 3 is 2.42 bits per heavy atom. The number of aliphatic imine (C=N–C) groups is 1. The van der Waals surface area contributed by atoms with Crippen molar-refractivity contribution in [1.82, 2.24) is 15.5 Å². The Morgan fingerprint density at radius 2 is 1.81 bits per heavy atom. The van der Waals surface area contributed by atoms with Gasteiger partial charge in [-0.3, -0.25) is 9.89 Å². The van der Waals surface area contributed by atoms with E-state index in [1.807, 2.05) is 12.1 Å². The molecule has 7 heteroatoms. The molecule has 0 aromatic heterocycles. The number of hydrogen-bond acceptors (Lipinski definition) is 4. The Morgan fingerprint density at radius 1 is 1.15 bits per heavy atom. The Labute approximate surface area is 174 Å². The zero-order valence-electron chi connectivity index (χ0n) is 16.2. The van der Waals surface area contributed by atoms with E-state index in [-0.39, 0.29) is 24.0 Å². The topological polar surface area (TPSA) is 58.1 Å². The molecule has 0 bridgehead atoms. The minimum Gasteiger partial charge on any atom is -0.492 e. The zero-order valence-corrected chi connectivity index (χ0v) is 18.5. The highest BCUT2D eigenvalue weighted by atomic mass is 127. The van der Waals surface area contributed by atoms with Gasteiger partial charge in [0.1, 0.15) is 12.4 Å². The van der Waals surface area contributed by atoms with Crippen LogP contribution in [0.1, 0.15) is 25.3 Å². The van der Waals surface area contributed by atoms with Crippen LogP contribution in [0.5, 0.6) is 5.75 Å². The van der Waals surface area contributed by atoms with Gasteiger partial charge in [-0.25, -0.2) is 0 Å². The fraction of sp³-hybridized carbons (Fsp3) is 0.632. The number of rotatable bonds is 8. The van der Waals surface area contributed by atoms with Gasteiger partial charge in [-0.2, -0.15) is 0 Å². The Balaban J connectivity index is 0.00000338. The third-order valence-corrected chi connectivity index (χ3v) is 4.26. The summed E-state index contributed by atoms with van der Waals surface area (Å²) in [5.41, 5.74) is 1.33. The number of ether oxygens (including phenoxy) is 2. The summed E-state index contributed by atoms with van der Waals surface area (Å²) in [6, 6.07) is 8.31. The van der Waals surface area contributed by atoms with Gasteiger partial charge in [0, 0.05) is 33.2 Å². The number of halogens is 1. The molecule has 0 saturated carbocycles. The molecule has 0 aliphatic carbocycles. The number of benzene rings is 1. The summed E-state index contributed by atoms with van der Waals surface area (Å²) in [4.78, 5) is 6.64. The van der Waals surface area contributed by atoms with Crippen molar-refractivity contribution in [1.29, 1.82) is 0 Å². The number of hydrogen-bond donors (Lipinski definition) is 2. The molecule has 1 aliphatic rings. The minimum atomic E-state index is 0. The first-order valence-corrected chi connectivity index (χ1v) is 9.16. The van der Waals surface area contributed by atoms with Crippen LogP contribution in [0.2, 0.25) is 0 Å². The molecule has 0 atom stereocenters. The molecule has 1 fully saturated rings. The van der Waals surface area contributed by atoms with Crippen molar-refractivity contribution in [3.8, 4) is 5.75 Å². The van der Waals surface area contributed by atoms with Crippen molar-refractivity contribution in [2.45, 2.75) is 19.8 Å². The molecule has 0 amide bonds. The fourth-order valence-electron chi connectivity index (χ4n) is 2.67. The van der Waals surface area contributed by atoms with Gasteiger partial charge >= 0.3 is 0 Å². The highest BCUT2D eigenvalue weighted by Crippen LogP contribution is 2.18. The van der Waals surface area contributed by atoms with Gasteiger partial charge in [0.15, 0.2) is 5.96 Å². The standard InChI is InChI=1S/C19H32N4O2.HI/c1-16(2)17-4-6-18(7-5-17)25-13-9-22-19(20-3)21-8-10-23-11-14-24-15-12-23;/h4-7,16H,8-15H2,1-3H3,(H2,20,21,22);1H. The molecule has 6 nitrogen and oxygen atoms in total. The van der Waals surface area contributed by atoms with Crippen molar-refractivity contribution >= 4 is 29.9 Å². The third kappa shape index (κ3) is 8.55. The molecule has 148 valence electrons. The predicted molar refractivity (Wildman–Crippen MR) is 118 cm³/mol. The van der Waals surface area contributed by atoms with E-state index >= 15 is 0 Å². The molecule has 1 saturated heterocycles. The molecule has 1 heterocycles. The predicted octanol–water partition coefficient (Wildman–Crippen LogP) is 2.30. The van der Waals surface area contributed by atoms with Crippen molar-refractivity contribution in [3.05, 3.63) is 29.8 Å². The largest absolute Gasteiger partial charge is 0.492 e. The maximum atomic E-state index is 5.77. The maximum Gasteiger partial charge on any atom is 0.191 e. The van der Waals surface area contributed by atoms with E-state index in [1.54, 1.807) is 7.05 Å². The highest BCUT2D eigenvalue weighted by Gasteiger charge is 2.09. The van der Waals surface area contributed by atoms with Crippen LogP contribution in [0.15, 0.2) is 29.3 Å². The monoisotopic (exact) mass is 476 g/mol. The molecule has 2 N–H and O–H groups in total. The van der Waals surface area contributed by atoms with E-state index in [0.29, 0.717) is 19.1 Å². The molecular formula is C19H33IN4O2. The summed E-state index contributed by atoms with van der Waals surface area (Å²) < 4.78 is 11.1. The second kappa shape index (κ2) is 13.2. The molecule has 0 unspecified atom stereocenters. The molecule has 1 aromatic rings. The van der Waals surface area contributed by atoms with Gasteiger partial charge in [0.2, 0.25) is 0 Å². The van der Waals surface area contributed by atoms with E-state index < -0.39 is 0 Å². The van der Waals surface area contributed by atoms with Gasteiger partial charge < -0.3 is 20.1 Å². The smallest absolute Gasteiger partial charge is 0.191 e. The number of nitrogens with one attached hydrogen (secondary N) is 2. The van der Waals surface area contributed by atoms with E-state index in [9.17, 15) is 0 Å². The lowest BCUT2D eigenvalue weighted by Crippen LogP contribution is -2.45. The molecule has 0 radical (unpaired) electrons. The third-order valence-electron chi connectivity index (χ3n) is 4.26. The number of guanidine groups is 1. The van der Waals surface area contributed by atoms with E-state index in [0.717, 1.165) is 51.1 Å². The van der Waals surface area contributed by atoms with E-state index in [1.165, 1.54) is 5.56 Å². The molecule has 0 spiro atoms. The lowest BCUT2D eigenvalue weighted by molar-refractivity contribution is 0.0389. The van der Waals surface area contributed by atoms with Crippen molar-refractivity contribution < 1.29 is 9.47 Å². The van der Waals surface area contributed by atoms with E-state index in [4.69, 9.17) is 9.47 Å². The SMILES string of the molecule is CN=C(NCCOc1ccc(C(C)C)cc1)NCCN1CCOCC1.I. The Bertz CT molecular complexity index is 517. The summed E-state index contributed by atoms with van der Waals surface area (Å²) >= 11 is 0. The lowest BCUT2D eigenvalue weighted by atomic mass is 10.0. The summed E-state index contributed by atoms with van der Waals surface area (Å²) in [5.74, 6) is 2.26. The van der Waals surface area contributed by atoms with Crippen LogP contribution in [-0.2, 0) is 4.74 Å². The van der Waals surface area contributed by atoms with Crippen LogP contribution in [-0.4, -0.2) is 70.5 Å². The normalized spacial score (nSPS) is 15.5. The Kier molecular flexibility index (Phi) is 11.6. The summed E-state index contributed by atoms with van der Waals surface area (Å²) in [6.07, 6.45) is 0. The Hall–Kier alpha value is -1.06. The quantitative estimate of drug-likeness (QED) is 0.261. The van der Waals surface area contributed by atoms with Gasteiger partial charge in [-0.1, -0.05) is 26.0 Å². The summed E-state index contributed by atoms with van der Waals surface area (Å²) in [5, 5.41) is 6.61. The van der Waals surface area contributed by atoms with Crippen molar-refractivity contribution in [2.75, 3.05) is 59.6 Å². The first-order valence-electron chi connectivity index (χ1n) is 9.16. The zero-order chi connectivity index (χ0) is 17.9. The van der Waals surface area contributed by atoms with Gasteiger partial charge in [0.25, 0.3) is 0 Å². The molecule has 2 rings (SSSR count). The number of morpholine rings is 1. The maximum absolute atomic E-state index is 5.77. The van der Waals surface area contributed by atoms with Crippen LogP contribution < -0.4 is 15.4 Å². The first-order chi connectivity index (χ1) is 12.2. The molecular weight excluding hydrogens is 443 g/mol. The van der Waals surface area contributed by atoms with Crippen LogP contribution >= 0.6 is 24.0 Å². The molecule has 1 aromatic carbocycles. The first kappa shape index (κ1) is 23.0. The van der Waals surface area contributed by atoms with Crippen molar-refractivity contribution in [2.24, 2.45) is 4.99 Å². The second-order valence-corrected chi connectivity index (χ2v) is 6.45. The van der Waals surface area contributed by atoms with Crippen LogP contribution in [0.25, 0.3) is 0 Å². The van der Waals surface area contributed by atoms with Gasteiger partial charge in [0.05, 0.1) is 19.8 Å². The van der Waals surface area contributed by atoms with E-state index in [2.05, 4.69) is 46.5 Å². The number of nitrogens with zero attached hydrogens (tertiary/aromatic N) is 2. The van der Waals surface area contributed by atoms with Crippen LogP contribution in [0, 0.1) is 0 Å².